The van der Waals surface area contributed by atoms with E-state index in [-0.39, 0.29) is 56.3 Å². The summed E-state index contributed by atoms with van der Waals surface area (Å²) in [4.78, 5) is 53.7. The summed E-state index contributed by atoms with van der Waals surface area (Å²) in [5, 5.41) is 0.0446. The number of sulfonamides is 1. The zero-order valence-electron chi connectivity index (χ0n) is 28.0. The Kier molecular flexibility index (Phi) is 9.30. The van der Waals surface area contributed by atoms with E-state index >= 15 is 0 Å². The number of hydrogen-bond acceptors (Lipinski definition) is 9. The number of halogens is 1. The van der Waals surface area contributed by atoms with Crippen LogP contribution in [0, 0.1) is 0 Å². The van der Waals surface area contributed by atoms with Gasteiger partial charge in [0.05, 0.1) is 58.0 Å². The monoisotopic (exact) mass is 709 g/mol. The van der Waals surface area contributed by atoms with Crippen LogP contribution in [0.4, 0.5) is 10.5 Å². The first-order valence-electron chi connectivity index (χ1n) is 15.2. The van der Waals surface area contributed by atoms with Gasteiger partial charge in [0, 0.05) is 5.39 Å². The minimum Gasteiger partial charge on any atom is -0.497 e. The maximum atomic E-state index is 14.1. The molecule has 2 amide bonds. The molecule has 0 bridgehead atoms. The number of nitrogens with one attached hydrogen (secondary N) is 1. The lowest BCUT2D eigenvalue weighted by atomic mass is 10.1. The Balaban J connectivity index is 1.61. The van der Waals surface area contributed by atoms with Gasteiger partial charge in [-0.05, 0) is 95.6 Å². The van der Waals surface area contributed by atoms with Crippen molar-refractivity contribution in [3.8, 4) is 5.75 Å². The highest BCUT2D eigenvalue weighted by Crippen LogP contribution is 2.36. The average Bonchev–Trinajstić information content (AvgIpc) is 3.48. The largest absolute Gasteiger partial charge is 0.497 e. The number of esters is 1. The molecule has 14 heteroatoms. The number of carbonyl (C=O) groups excluding carboxylic acids is 4. The van der Waals surface area contributed by atoms with E-state index in [2.05, 4.69) is 4.72 Å². The Hall–Kier alpha value is -4.88. The summed E-state index contributed by atoms with van der Waals surface area (Å²) in [6.45, 7) is 9.75. The van der Waals surface area contributed by atoms with Gasteiger partial charge in [-0.2, -0.15) is 0 Å². The van der Waals surface area contributed by atoms with Gasteiger partial charge in [0.25, 0.3) is 21.8 Å². The highest BCUT2D eigenvalue weighted by atomic mass is 35.5. The number of methoxy groups -OCH3 is 1. The molecule has 4 aromatic rings. The van der Waals surface area contributed by atoms with Gasteiger partial charge in [-0.25, -0.2) is 17.8 Å². The van der Waals surface area contributed by atoms with Gasteiger partial charge in [-0.1, -0.05) is 23.7 Å². The summed E-state index contributed by atoms with van der Waals surface area (Å²) in [6.07, 6.45) is -1.16. The van der Waals surface area contributed by atoms with Crippen molar-refractivity contribution in [3.63, 3.8) is 0 Å². The van der Waals surface area contributed by atoms with E-state index in [1.54, 1.807) is 53.7 Å². The lowest BCUT2D eigenvalue weighted by Crippen LogP contribution is -2.32. The number of benzene rings is 3. The van der Waals surface area contributed by atoms with Crippen LogP contribution in [0.5, 0.6) is 5.75 Å². The number of carbonyl (C=O) groups is 4. The van der Waals surface area contributed by atoms with Gasteiger partial charge in [0.15, 0.2) is 0 Å². The maximum absolute atomic E-state index is 14.1. The molecule has 5 rings (SSSR count). The first-order valence-corrected chi connectivity index (χ1v) is 17.1. The molecule has 1 N–H and O–H groups in total. The number of hydrogen-bond donors (Lipinski definition) is 1. The molecule has 0 aliphatic carbocycles. The van der Waals surface area contributed by atoms with E-state index in [4.69, 9.17) is 25.8 Å². The van der Waals surface area contributed by atoms with Crippen LogP contribution in [0.1, 0.15) is 73.5 Å². The smallest absolute Gasteiger partial charge is 0.419 e. The molecular weight excluding hydrogens is 674 g/mol. The Bertz CT molecular complexity index is 2090. The molecule has 3 aromatic carbocycles. The van der Waals surface area contributed by atoms with Gasteiger partial charge in [0.1, 0.15) is 17.0 Å². The number of imide groups is 1. The lowest BCUT2D eigenvalue weighted by Gasteiger charge is -2.22. The van der Waals surface area contributed by atoms with Gasteiger partial charge in [-0.3, -0.25) is 24.0 Å². The van der Waals surface area contributed by atoms with E-state index in [0.29, 0.717) is 11.3 Å². The number of fused-ring (bicyclic) bond motifs is 2. The second kappa shape index (κ2) is 12.9. The third-order valence-corrected chi connectivity index (χ3v) is 9.05. The van der Waals surface area contributed by atoms with Crippen LogP contribution in [-0.4, -0.2) is 60.1 Å². The predicted molar refractivity (Wildman–Crippen MR) is 183 cm³/mol. The molecule has 49 heavy (non-hydrogen) atoms. The number of ether oxygens (including phenoxy) is 3. The van der Waals surface area contributed by atoms with Crippen molar-refractivity contribution in [1.29, 1.82) is 0 Å². The Morgan fingerprint density at radius 2 is 1.47 bits per heavy atom. The van der Waals surface area contributed by atoms with Crippen LogP contribution in [0.2, 0.25) is 5.02 Å². The van der Waals surface area contributed by atoms with Crippen molar-refractivity contribution in [1.82, 2.24) is 9.47 Å². The van der Waals surface area contributed by atoms with Crippen molar-refractivity contribution in [2.75, 3.05) is 11.8 Å². The van der Waals surface area contributed by atoms with E-state index in [1.807, 2.05) is 0 Å². The fraction of sp³-hybridized carbons (Fsp3) is 0.314. The molecule has 0 fully saturated rings. The maximum Gasteiger partial charge on any atom is 0.419 e. The minimum absolute atomic E-state index is 0.00545. The van der Waals surface area contributed by atoms with Gasteiger partial charge >= 0.3 is 12.1 Å². The molecule has 0 spiro atoms. The van der Waals surface area contributed by atoms with Crippen molar-refractivity contribution in [2.45, 2.75) is 70.6 Å². The highest BCUT2D eigenvalue weighted by molar-refractivity contribution is 7.93. The van der Waals surface area contributed by atoms with Crippen molar-refractivity contribution >= 4 is 62.1 Å². The van der Waals surface area contributed by atoms with Gasteiger partial charge < -0.3 is 14.2 Å². The molecule has 0 saturated carbocycles. The molecule has 1 aliphatic rings. The number of nitrogens with zero attached hydrogens (tertiary/aromatic N) is 2. The molecular formula is C35H36ClN3O9S. The summed E-state index contributed by atoms with van der Waals surface area (Å²) >= 11 is 6.63. The molecule has 0 radical (unpaired) electrons. The number of amides is 2. The van der Waals surface area contributed by atoms with Crippen LogP contribution in [0.25, 0.3) is 10.9 Å². The van der Waals surface area contributed by atoms with Crippen LogP contribution in [0.3, 0.4) is 0 Å². The molecule has 0 saturated heterocycles. The van der Waals surface area contributed by atoms with Gasteiger partial charge in [0.2, 0.25) is 0 Å². The van der Waals surface area contributed by atoms with Crippen molar-refractivity contribution in [2.24, 2.45) is 0 Å². The third kappa shape index (κ3) is 7.42. The van der Waals surface area contributed by atoms with Gasteiger partial charge in [-0.15, -0.1) is 0 Å². The molecule has 2 heterocycles. The highest BCUT2D eigenvalue weighted by Gasteiger charge is 2.37. The average molecular weight is 710 g/mol. The number of rotatable bonds is 8. The number of aromatic nitrogens is 1. The summed E-state index contributed by atoms with van der Waals surface area (Å²) < 4.78 is 48.3. The summed E-state index contributed by atoms with van der Waals surface area (Å²) in [7, 11) is -3.00. The van der Waals surface area contributed by atoms with Crippen molar-refractivity contribution in [3.05, 3.63) is 88.1 Å². The molecule has 258 valence electrons. The first-order chi connectivity index (χ1) is 22.8. The molecule has 12 nitrogen and oxygen atoms in total. The van der Waals surface area contributed by atoms with Crippen LogP contribution >= 0.6 is 11.6 Å². The zero-order chi connectivity index (χ0) is 36.1. The zero-order valence-corrected chi connectivity index (χ0v) is 29.6. The topological polar surface area (TPSA) is 150 Å². The molecule has 0 unspecified atom stereocenters. The summed E-state index contributed by atoms with van der Waals surface area (Å²) in [6, 6.07) is 14.8. The Morgan fingerprint density at radius 3 is 2.04 bits per heavy atom. The number of anilines is 1. The molecule has 1 aromatic heterocycles. The lowest BCUT2D eigenvalue weighted by molar-refractivity contribution is -0.153. The SMILES string of the molecule is COc1ccc(NS(=O)(=O)c2ccc(Cl)c3c2cc(CN2C(=O)c4ccccc4C2=O)n3C(=O)OC(C)(C)C)c(CC(=O)OC(C)(C)C)c1. The first kappa shape index (κ1) is 35.4. The fourth-order valence-electron chi connectivity index (χ4n) is 5.39. The van der Waals surface area contributed by atoms with E-state index < -0.39 is 45.1 Å². The Morgan fingerprint density at radius 1 is 0.857 bits per heavy atom. The molecule has 1 aliphatic heterocycles. The minimum atomic E-state index is -4.44. The normalized spacial score (nSPS) is 13.4. The summed E-state index contributed by atoms with van der Waals surface area (Å²) in [5.41, 5.74) is -0.854. The molecule has 0 atom stereocenters. The van der Waals surface area contributed by atoms with Crippen molar-refractivity contribution < 1.29 is 41.8 Å². The Labute approximate surface area is 288 Å². The standard InChI is InChI=1S/C35H36ClN3O9S/c1-34(2,3)47-29(40)17-20-16-22(46-7)12-14-27(20)37-49(44,45)28-15-13-26(36)30-25(28)18-21(39(30)33(43)48-35(4,5)6)19-38-31(41)23-10-8-9-11-24(23)32(38)42/h8-16,18,37H,17,19H2,1-7H3. The van der Waals surface area contributed by atoms with Crippen LogP contribution in [0.15, 0.2) is 65.6 Å². The van der Waals surface area contributed by atoms with Crippen LogP contribution in [-0.2, 0) is 37.3 Å². The van der Waals surface area contributed by atoms with E-state index in [0.717, 1.165) is 9.47 Å². The quantitative estimate of drug-likeness (QED) is 0.158. The second-order valence-corrected chi connectivity index (χ2v) is 15.5. The fourth-order valence-corrected chi connectivity index (χ4v) is 6.93. The summed E-state index contributed by atoms with van der Waals surface area (Å²) in [5.74, 6) is -1.33. The van der Waals surface area contributed by atoms with E-state index in [9.17, 15) is 27.6 Å². The second-order valence-electron chi connectivity index (χ2n) is 13.4. The van der Waals surface area contributed by atoms with Crippen LogP contribution < -0.4 is 9.46 Å². The third-order valence-electron chi connectivity index (χ3n) is 7.33. The predicted octanol–water partition coefficient (Wildman–Crippen LogP) is 6.57. The van der Waals surface area contributed by atoms with E-state index in [1.165, 1.54) is 55.6 Å².